The van der Waals surface area contributed by atoms with E-state index < -0.39 is 0 Å². The summed E-state index contributed by atoms with van der Waals surface area (Å²) in [4.78, 5) is 0. The van der Waals surface area contributed by atoms with Gasteiger partial charge in [0, 0.05) is 25.3 Å². The van der Waals surface area contributed by atoms with E-state index in [1.165, 1.54) is 6.42 Å². The Morgan fingerprint density at radius 2 is 2.21 bits per heavy atom. The van der Waals surface area contributed by atoms with Crippen LogP contribution in [0.25, 0.3) is 0 Å². The first-order valence-electron chi connectivity index (χ1n) is 6.96. The smallest absolute Gasteiger partial charge is 0.162 e. The second kappa shape index (κ2) is 6.78. The average Bonchev–Trinajstić information content (AvgIpc) is 2.87. The molecule has 0 bridgehead atoms. The Kier molecular flexibility index (Phi) is 5.05. The molecular formula is C15H23NO3. The van der Waals surface area contributed by atoms with Gasteiger partial charge in [-0.2, -0.15) is 0 Å². The molecule has 1 fully saturated rings. The molecule has 2 rings (SSSR count). The number of nitrogens with one attached hydrogen (secondary N) is 1. The number of benzene rings is 1. The molecule has 2 N–H and O–H groups in total. The van der Waals surface area contributed by atoms with Gasteiger partial charge in [0.1, 0.15) is 0 Å². The fraction of sp³-hybridized carbons (Fsp3) is 0.600. The number of phenols is 1. The second-order valence-electron chi connectivity index (χ2n) is 4.89. The molecule has 0 amide bonds. The van der Waals surface area contributed by atoms with Crippen molar-refractivity contribution in [2.75, 3.05) is 13.7 Å². The maximum absolute atomic E-state index is 10.1. The molecule has 106 valence electrons. The average molecular weight is 265 g/mol. The van der Waals surface area contributed by atoms with Crippen molar-refractivity contribution in [3.8, 4) is 11.5 Å². The zero-order valence-electron chi connectivity index (χ0n) is 11.7. The van der Waals surface area contributed by atoms with Gasteiger partial charge in [-0.15, -0.1) is 0 Å². The summed E-state index contributed by atoms with van der Waals surface area (Å²) in [7, 11) is 1.76. The number of para-hydroxylation sites is 1. The van der Waals surface area contributed by atoms with E-state index in [4.69, 9.17) is 9.47 Å². The number of rotatable bonds is 6. The summed E-state index contributed by atoms with van der Waals surface area (Å²) in [6.07, 6.45) is 3.72. The highest BCUT2D eigenvalue weighted by Crippen LogP contribution is 2.30. The molecule has 0 aliphatic heterocycles. The van der Waals surface area contributed by atoms with E-state index >= 15 is 0 Å². The molecule has 0 heterocycles. The van der Waals surface area contributed by atoms with E-state index in [0.717, 1.165) is 18.4 Å². The maximum atomic E-state index is 10.1. The van der Waals surface area contributed by atoms with Crippen LogP contribution in [0, 0.1) is 0 Å². The van der Waals surface area contributed by atoms with Crippen molar-refractivity contribution in [2.45, 2.75) is 44.9 Å². The van der Waals surface area contributed by atoms with Crippen molar-refractivity contribution < 1.29 is 14.6 Å². The Morgan fingerprint density at radius 3 is 2.95 bits per heavy atom. The molecule has 4 nitrogen and oxygen atoms in total. The molecule has 0 radical (unpaired) electrons. The van der Waals surface area contributed by atoms with Crippen LogP contribution < -0.4 is 10.1 Å². The number of hydrogen-bond acceptors (Lipinski definition) is 4. The lowest BCUT2D eigenvalue weighted by atomic mass is 10.1. The molecule has 0 aromatic heterocycles. The third kappa shape index (κ3) is 3.39. The maximum Gasteiger partial charge on any atom is 0.162 e. The van der Waals surface area contributed by atoms with E-state index in [1.54, 1.807) is 13.2 Å². The Labute approximate surface area is 114 Å². The Balaban J connectivity index is 1.97. The molecule has 1 aromatic rings. The van der Waals surface area contributed by atoms with Crippen LogP contribution in [0.2, 0.25) is 0 Å². The molecule has 19 heavy (non-hydrogen) atoms. The van der Waals surface area contributed by atoms with E-state index in [-0.39, 0.29) is 11.9 Å². The topological polar surface area (TPSA) is 50.7 Å². The van der Waals surface area contributed by atoms with Gasteiger partial charge in [-0.05, 0) is 32.3 Å². The summed E-state index contributed by atoms with van der Waals surface area (Å²) in [6.45, 7) is 3.10. The largest absolute Gasteiger partial charge is 0.504 e. The number of methoxy groups -OCH3 is 1. The molecule has 1 aliphatic carbocycles. The highest BCUT2D eigenvalue weighted by molar-refractivity contribution is 5.45. The van der Waals surface area contributed by atoms with Crippen LogP contribution in [0.15, 0.2) is 18.2 Å². The first kappa shape index (κ1) is 14.2. The minimum atomic E-state index is 0.240. The molecule has 2 unspecified atom stereocenters. The van der Waals surface area contributed by atoms with Crippen LogP contribution in [-0.2, 0) is 11.3 Å². The van der Waals surface area contributed by atoms with Crippen LogP contribution in [-0.4, -0.2) is 31.0 Å². The van der Waals surface area contributed by atoms with Gasteiger partial charge in [0.15, 0.2) is 11.5 Å². The quantitative estimate of drug-likeness (QED) is 0.829. The summed E-state index contributed by atoms with van der Waals surface area (Å²) < 4.78 is 10.8. The number of hydrogen-bond donors (Lipinski definition) is 2. The van der Waals surface area contributed by atoms with Crippen molar-refractivity contribution in [2.24, 2.45) is 0 Å². The van der Waals surface area contributed by atoms with Crippen LogP contribution in [0.1, 0.15) is 31.7 Å². The molecule has 0 spiro atoms. The van der Waals surface area contributed by atoms with Gasteiger partial charge in [0.2, 0.25) is 0 Å². The lowest BCUT2D eigenvalue weighted by Gasteiger charge is -2.20. The molecule has 2 atom stereocenters. The van der Waals surface area contributed by atoms with Gasteiger partial charge in [0.05, 0.1) is 12.7 Å². The summed E-state index contributed by atoms with van der Waals surface area (Å²) in [5, 5.41) is 13.6. The predicted octanol–water partition coefficient (Wildman–Crippen LogP) is 2.45. The number of ether oxygens (including phenoxy) is 2. The third-order valence-electron chi connectivity index (χ3n) is 3.69. The van der Waals surface area contributed by atoms with E-state index in [0.29, 0.717) is 24.9 Å². The van der Waals surface area contributed by atoms with Crippen molar-refractivity contribution in [1.29, 1.82) is 0 Å². The van der Waals surface area contributed by atoms with E-state index in [9.17, 15) is 5.11 Å². The monoisotopic (exact) mass is 265 g/mol. The van der Waals surface area contributed by atoms with Gasteiger partial charge in [0.25, 0.3) is 0 Å². The minimum absolute atomic E-state index is 0.240. The molecule has 0 saturated heterocycles. The number of phenolic OH excluding ortho intramolecular Hbond substituents is 1. The van der Waals surface area contributed by atoms with Crippen LogP contribution in [0.3, 0.4) is 0 Å². The van der Waals surface area contributed by atoms with Gasteiger partial charge in [-0.1, -0.05) is 12.1 Å². The molecule has 1 aromatic carbocycles. The van der Waals surface area contributed by atoms with Crippen molar-refractivity contribution in [1.82, 2.24) is 5.32 Å². The third-order valence-corrected chi connectivity index (χ3v) is 3.69. The van der Waals surface area contributed by atoms with Crippen LogP contribution in [0.5, 0.6) is 11.5 Å². The second-order valence-corrected chi connectivity index (χ2v) is 4.89. The Morgan fingerprint density at radius 1 is 1.37 bits per heavy atom. The normalized spacial score (nSPS) is 22.6. The zero-order chi connectivity index (χ0) is 13.7. The molecule has 4 heteroatoms. The Bertz CT molecular complexity index is 408. The fourth-order valence-electron chi connectivity index (χ4n) is 2.67. The highest BCUT2D eigenvalue weighted by atomic mass is 16.5. The summed E-state index contributed by atoms with van der Waals surface area (Å²) in [5.41, 5.74) is 0.868. The van der Waals surface area contributed by atoms with Crippen molar-refractivity contribution >= 4 is 0 Å². The van der Waals surface area contributed by atoms with Gasteiger partial charge in [-0.3, -0.25) is 0 Å². The SMILES string of the molecule is CCOc1cccc(CNC2CCCC2OC)c1O. The van der Waals surface area contributed by atoms with E-state index in [1.807, 2.05) is 19.1 Å². The van der Waals surface area contributed by atoms with E-state index in [2.05, 4.69) is 5.32 Å². The van der Waals surface area contributed by atoms with Crippen LogP contribution in [0.4, 0.5) is 0 Å². The zero-order valence-corrected chi connectivity index (χ0v) is 11.7. The van der Waals surface area contributed by atoms with Gasteiger partial charge >= 0.3 is 0 Å². The summed E-state index contributed by atoms with van der Waals surface area (Å²) >= 11 is 0. The standard InChI is InChI=1S/C15H23NO3/c1-3-19-14-9-4-6-11(15(14)17)10-16-12-7-5-8-13(12)18-2/h4,6,9,12-13,16-17H,3,5,7-8,10H2,1-2H3. The lowest BCUT2D eigenvalue weighted by molar-refractivity contribution is 0.0846. The predicted molar refractivity (Wildman–Crippen MR) is 74.6 cm³/mol. The first-order chi connectivity index (χ1) is 9.26. The summed E-state index contributed by atoms with van der Waals surface area (Å²) in [6, 6.07) is 5.99. The molecular weight excluding hydrogens is 242 g/mol. The van der Waals surface area contributed by atoms with Gasteiger partial charge in [-0.25, -0.2) is 0 Å². The molecule has 1 saturated carbocycles. The lowest BCUT2D eigenvalue weighted by Crippen LogP contribution is -2.36. The minimum Gasteiger partial charge on any atom is -0.504 e. The molecule has 1 aliphatic rings. The van der Waals surface area contributed by atoms with Gasteiger partial charge < -0.3 is 19.9 Å². The first-order valence-corrected chi connectivity index (χ1v) is 6.96. The Hall–Kier alpha value is -1.26. The summed E-state index contributed by atoms with van der Waals surface area (Å²) in [5.74, 6) is 0.792. The van der Waals surface area contributed by atoms with Crippen molar-refractivity contribution in [3.63, 3.8) is 0 Å². The number of aromatic hydroxyl groups is 1. The van der Waals surface area contributed by atoms with Crippen LogP contribution >= 0.6 is 0 Å². The van der Waals surface area contributed by atoms with Crippen molar-refractivity contribution in [3.05, 3.63) is 23.8 Å². The highest BCUT2D eigenvalue weighted by Gasteiger charge is 2.26. The fourth-order valence-corrected chi connectivity index (χ4v) is 2.67.